The molecule has 0 spiro atoms. The second kappa shape index (κ2) is 7.62. The lowest BCUT2D eigenvalue weighted by Gasteiger charge is -2.06. The topological polar surface area (TPSA) is 128 Å². The van der Waals surface area contributed by atoms with Crippen molar-refractivity contribution in [2.45, 2.75) is 13.0 Å². The number of amides is 1. The number of nitrogens with zero attached hydrogens (tertiary/aromatic N) is 2. The maximum Gasteiger partial charge on any atom is 0.269 e. The number of hydrogen-bond donors (Lipinski definition) is 3. The van der Waals surface area contributed by atoms with Crippen molar-refractivity contribution in [3.05, 3.63) is 46.2 Å². The van der Waals surface area contributed by atoms with Gasteiger partial charge in [-0.1, -0.05) is 0 Å². The Bertz CT molecular complexity index is 587. The molecule has 1 atom stereocenters. The van der Waals surface area contributed by atoms with E-state index in [1.807, 2.05) is 0 Å². The van der Waals surface area contributed by atoms with E-state index in [4.69, 9.17) is 10.4 Å². The van der Waals surface area contributed by atoms with Gasteiger partial charge in [0.15, 0.2) is 0 Å². The van der Waals surface area contributed by atoms with E-state index in [9.17, 15) is 14.9 Å². The summed E-state index contributed by atoms with van der Waals surface area (Å²) in [5.74, 6) is -0.649. The summed E-state index contributed by atoms with van der Waals surface area (Å²) in [6.07, 6.45) is 0.590. The van der Waals surface area contributed by atoms with Crippen LogP contribution < -0.4 is 10.6 Å². The van der Waals surface area contributed by atoms with E-state index in [1.165, 1.54) is 30.5 Å². The van der Waals surface area contributed by atoms with E-state index in [0.29, 0.717) is 5.69 Å². The molecule has 0 radical (unpaired) electrons. The van der Waals surface area contributed by atoms with Gasteiger partial charge < -0.3 is 15.7 Å². The van der Waals surface area contributed by atoms with E-state index in [1.54, 1.807) is 13.0 Å². The molecule has 1 unspecified atom stereocenters. The van der Waals surface area contributed by atoms with Crippen LogP contribution in [0.2, 0.25) is 0 Å². The first-order chi connectivity index (χ1) is 9.93. The molecule has 0 aliphatic rings. The summed E-state index contributed by atoms with van der Waals surface area (Å²) < 4.78 is 0. The molecule has 0 aliphatic heterocycles. The number of aliphatic hydroxyl groups excluding tert-OH is 1. The highest BCUT2D eigenvalue weighted by molar-refractivity contribution is 6.06. The van der Waals surface area contributed by atoms with E-state index < -0.39 is 16.9 Å². The van der Waals surface area contributed by atoms with Gasteiger partial charge >= 0.3 is 0 Å². The number of nitro groups is 1. The van der Waals surface area contributed by atoms with Gasteiger partial charge in [0.2, 0.25) is 0 Å². The van der Waals surface area contributed by atoms with Crippen LogP contribution in [-0.4, -0.2) is 28.6 Å². The highest BCUT2D eigenvalue weighted by atomic mass is 16.6. The minimum Gasteiger partial charge on any atom is -0.392 e. The highest BCUT2D eigenvalue weighted by Crippen LogP contribution is 2.15. The molecule has 1 aromatic rings. The maximum atomic E-state index is 11.8. The predicted octanol–water partition coefficient (Wildman–Crippen LogP) is 0.911. The Morgan fingerprint density at radius 2 is 2.14 bits per heavy atom. The average Bonchev–Trinajstić information content (AvgIpc) is 2.43. The third kappa shape index (κ3) is 5.30. The third-order valence-electron chi connectivity index (χ3n) is 2.36. The first-order valence-corrected chi connectivity index (χ1v) is 6.01. The van der Waals surface area contributed by atoms with Crippen LogP contribution in [0.1, 0.15) is 6.92 Å². The van der Waals surface area contributed by atoms with Crippen LogP contribution in [-0.2, 0) is 4.79 Å². The van der Waals surface area contributed by atoms with Gasteiger partial charge in [-0.05, 0) is 19.1 Å². The van der Waals surface area contributed by atoms with Crippen LogP contribution >= 0.6 is 0 Å². The predicted molar refractivity (Wildman–Crippen MR) is 75.1 cm³/mol. The van der Waals surface area contributed by atoms with Crippen molar-refractivity contribution in [3.8, 4) is 6.07 Å². The zero-order chi connectivity index (χ0) is 15.8. The fourth-order valence-corrected chi connectivity index (χ4v) is 1.35. The number of nitriles is 1. The number of anilines is 1. The average molecular weight is 290 g/mol. The molecular weight excluding hydrogens is 276 g/mol. The normalized spacial score (nSPS) is 12.1. The Labute approximate surface area is 120 Å². The van der Waals surface area contributed by atoms with Crippen molar-refractivity contribution in [3.63, 3.8) is 0 Å². The number of non-ortho nitro benzene ring substituents is 1. The second-order valence-electron chi connectivity index (χ2n) is 4.19. The molecule has 21 heavy (non-hydrogen) atoms. The molecule has 0 fully saturated rings. The largest absolute Gasteiger partial charge is 0.392 e. The number of hydrogen-bond acceptors (Lipinski definition) is 6. The SMILES string of the molecule is CC(O)CN/C=C(/C#N)C(=O)Nc1ccc([N+](=O)[O-])cc1. The molecule has 1 rings (SSSR count). The molecule has 0 aliphatic carbocycles. The standard InChI is InChI=1S/C13H14N4O4/c1-9(18)7-15-8-10(6-14)13(19)16-11-2-4-12(5-3-11)17(20)21/h2-5,8-9,15,18H,7H2,1H3,(H,16,19)/b10-8-. The van der Waals surface area contributed by atoms with Crippen molar-refractivity contribution in [1.29, 1.82) is 5.26 Å². The lowest BCUT2D eigenvalue weighted by molar-refractivity contribution is -0.384. The number of carbonyl (C=O) groups is 1. The summed E-state index contributed by atoms with van der Waals surface area (Å²) in [5.41, 5.74) is 0.0685. The molecular formula is C13H14N4O4. The molecule has 8 nitrogen and oxygen atoms in total. The van der Waals surface area contributed by atoms with Gasteiger partial charge in [-0.25, -0.2) is 0 Å². The van der Waals surface area contributed by atoms with Crippen LogP contribution in [0.15, 0.2) is 36.0 Å². The number of benzene rings is 1. The zero-order valence-electron chi connectivity index (χ0n) is 11.2. The van der Waals surface area contributed by atoms with Crippen LogP contribution in [0.3, 0.4) is 0 Å². The smallest absolute Gasteiger partial charge is 0.269 e. The quantitative estimate of drug-likeness (QED) is 0.309. The summed E-state index contributed by atoms with van der Waals surface area (Å²) >= 11 is 0. The van der Waals surface area contributed by atoms with Gasteiger partial charge in [0.25, 0.3) is 11.6 Å². The summed E-state index contributed by atoms with van der Waals surface area (Å²) in [5, 5.41) is 33.5. The number of nitro benzene ring substituents is 1. The Hall–Kier alpha value is -2.92. The third-order valence-corrected chi connectivity index (χ3v) is 2.36. The van der Waals surface area contributed by atoms with Crippen molar-refractivity contribution >= 4 is 17.3 Å². The van der Waals surface area contributed by atoms with Crippen molar-refractivity contribution in [2.24, 2.45) is 0 Å². The van der Waals surface area contributed by atoms with Gasteiger partial charge in [-0.3, -0.25) is 14.9 Å². The van der Waals surface area contributed by atoms with Crippen LogP contribution in [0.25, 0.3) is 0 Å². The lowest BCUT2D eigenvalue weighted by Crippen LogP contribution is -2.22. The minimum absolute atomic E-state index is 0.0948. The Morgan fingerprint density at radius 1 is 1.52 bits per heavy atom. The van der Waals surface area contributed by atoms with Gasteiger partial charge in [-0.2, -0.15) is 5.26 Å². The summed E-state index contributed by atoms with van der Waals surface area (Å²) in [6.45, 7) is 1.76. The van der Waals surface area contributed by atoms with Crippen LogP contribution in [0.5, 0.6) is 0 Å². The zero-order valence-corrected chi connectivity index (χ0v) is 11.2. The fourth-order valence-electron chi connectivity index (χ4n) is 1.35. The van der Waals surface area contributed by atoms with Crippen LogP contribution in [0.4, 0.5) is 11.4 Å². The van der Waals surface area contributed by atoms with Gasteiger partial charge in [0.1, 0.15) is 11.6 Å². The first-order valence-electron chi connectivity index (χ1n) is 6.01. The number of aliphatic hydroxyl groups is 1. The van der Waals surface area contributed by atoms with Crippen LogP contribution in [0, 0.1) is 21.4 Å². The Balaban J connectivity index is 2.70. The summed E-state index contributed by atoms with van der Waals surface area (Å²) in [4.78, 5) is 21.8. The molecule has 0 bridgehead atoms. The van der Waals surface area contributed by atoms with E-state index in [2.05, 4.69) is 10.6 Å². The number of nitrogens with one attached hydrogen (secondary N) is 2. The number of carbonyl (C=O) groups excluding carboxylic acids is 1. The Kier molecular flexibility index (Phi) is 5.85. The Morgan fingerprint density at radius 3 is 2.62 bits per heavy atom. The summed E-state index contributed by atoms with van der Waals surface area (Å²) in [7, 11) is 0. The first kappa shape index (κ1) is 16.1. The summed E-state index contributed by atoms with van der Waals surface area (Å²) in [6, 6.07) is 6.95. The van der Waals surface area contributed by atoms with Crippen molar-refractivity contribution < 1.29 is 14.8 Å². The molecule has 0 heterocycles. The number of rotatable bonds is 6. The van der Waals surface area contributed by atoms with Gasteiger partial charge in [-0.15, -0.1) is 0 Å². The van der Waals surface area contributed by atoms with Gasteiger partial charge in [0, 0.05) is 30.6 Å². The van der Waals surface area contributed by atoms with E-state index >= 15 is 0 Å². The van der Waals surface area contributed by atoms with Crippen molar-refractivity contribution in [2.75, 3.05) is 11.9 Å². The monoisotopic (exact) mass is 290 g/mol. The van der Waals surface area contributed by atoms with E-state index in [-0.39, 0.29) is 17.8 Å². The van der Waals surface area contributed by atoms with Gasteiger partial charge in [0.05, 0.1) is 11.0 Å². The minimum atomic E-state index is -0.649. The fraction of sp³-hybridized carbons (Fsp3) is 0.231. The molecule has 8 heteroatoms. The molecule has 110 valence electrons. The van der Waals surface area contributed by atoms with Crippen molar-refractivity contribution in [1.82, 2.24) is 5.32 Å². The molecule has 0 saturated heterocycles. The molecule has 0 saturated carbocycles. The lowest BCUT2D eigenvalue weighted by atomic mass is 10.2. The molecule has 1 amide bonds. The van der Waals surface area contributed by atoms with E-state index in [0.717, 1.165) is 0 Å². The molecule has 1 aromatic carbocycles. The molecule has 3 N–H and O–H groups in total. The maximum absolute atomic E-state index is 11.8. The molecule has 0 aromatic heterocycles. The second-order valence-corrected chi connectivity index (χ2v) is 4.19. The highest BCUT2D eigenvalue weighted by Gasteiger charge is 2.10.